The first kappa shape index (κ1) is 13.2. The highest BCUT2D eigenvalue weighted by Crippen LogP contribution is 2.65. The van der Waals surface area contributed by atoms with Gasteiger partial charge in [-0.1, -0.05) is 25.1 Å². The summed E-state index contributed by atoms with van der Waals surface area (Å²) in [6.07, 6.45) is 0.575. The average molecular weight is 262 g/mol. The summed E-state index contributed by atoms with van der Waals surface area (Å²) in [5.41, 5.74) is 0. The van der Waals surface area contributed by atoms with Crippen molar-refractivity contribution in [3.8, 4) is 0 Å². The standard InChI is InChI=1S/C10H15O2PS2/c1-3-12-13(11,4-2)15-14-10-8-6-5-7-9-10/h5-9H,3-4H2,1-2H3. The molecule has 1 aromatic carbocycles. The molecule has 1 rings (SSSR count). The van der Waals surface area contributed by atoms with Gasteiger partial charge in [0.25, 0.3) is 6.57 Å². The molecule has 0 N–H and O–H groups in total. The normalized spacial score (nSPS) is 14.8. The third-order valence-electron chi connectivity index (χ3n) is 1.70. The number of benzene rings is 1. The third kappa shape index (κ3) is 4.64. The smallest absolute Gasteiger partial charge is 0.267 e. The van der Waals surface area contributed by atoms with Crippen molar-refractivity contribution in [2.45, 2.75) is 18.7 Å². The number of hydrogen-bond acceptors (Lipinski definition) is 4. The molecule has 1 unspecified atom stereocenters. The monoisotopic (exact) mass is 262 g/mol. The van der Waals surface area contributed by atoms with Crippen LogP contribution in [0.4, 0.5) is 0 Å². The van der Waals surface area contributed by atoms with Gasteiger partial charge in [-0.2, -0.15) is 0 Å². The molecule has 0 fully saturated rings. The van der Waals surface area contributed by atoms with E-state index in [-0.39, 0.29) is 0 Å². The largest absolute Gasteiger partial charge is 0.321 e. The number of hydrogen-bond donors (Lipinski definition) is 0. The number of rotatable bonds is 6. The fourth-order valence-corrected chi connectivity index (χ4v) is 6.96. The Morgan fingerprint density at radius 2 is 1.93 bits per heavy atom. The second-order valence-electron chi connectivity index (χ2n) is 2.82. The zero-order valence-corrected chi connectivity index (χ0v) is 11.4. The molecule has 2 nitrogen and oxygen atoms in total. The summed E-state index contributed by atoms with van der Waals surface area (Å²) in [5.74, 6) is 0. The molecule has 15 heavy (non-hydrogen) atoms. The lowest BCUT2D eigenvalue weighted by atomic mass is 10.4. The fourth-order valence-electron chi connectivity index (χ4n) is 0.938. The van der Waals surface area contributed by atoms with E-state index in [4.69, 9.17) is 4.52 Å². The van der Waals surface area contributed by atoms with Crippen LogP contribution < -0.4 is 0 Å². The van der Waals surface area contributed by atoms with Crippen molar-refractivity contribution >= 4 is 27.8 Å². The van der Waals surface area contributed by atoms with Crippen LogP contribution in [0.1, 0.15) is 13.8 Å². The molecule has 0 aliphatic rings. The predicted molar refractivity (Wildman–Crippen MR) is 69.7 cm³/mol. The lowest BCUT2D eigenvalue weighted by Gasteiger charge is -2.13. The minimum Gasteiger partial charge on any atom is -0.321 e. The molecule has 0 bridgehead atoms. The Balaban J connectivity index is 2.51. The molecule has 0 saturated heterocycles. The highest BCUT2D eigenvalue weighted by molar-refractivity contribution is 8.99. The summed E-state index contributed by atoms with van der Waals surface area (Å²) < 4.78 is 17.4. The summed E-state index contributed by atoms with van der Waals surface area (Å²) in [5, 5.41) is 0. The summed E-state index contributed by atoms with van der Waals surface area (Å²) in [4.78, 5) is 1.11. The Hall–Kier alpha value is 0.110. The van der Waals surface area contributed by atoms with Crippen molar-refractivity contribution in [2.24, 2.45) is 0 Å². The van der Waals surface area contributed by atoms with E-state index in [0.717, 1.165) is 4.90 Å². The van der Waals surface area contributed by atoms with Crippen molar-refractivity contribution in [2.75, 3.05) is 12.8 Å². The lowest BCUT2D eigenvalue weighted by Crippen LogP contribution is -1.87. The second-order valence-corrected chi connectivity index (χ2v) is 9.67. The first-order valence-electron chi connectivity index (χ1n) is 4.85. The third-order valence-corrected chi connectivity index (χ3v) is 9.18. The van der Waals surface area contributed by atoms with Gasteiger partial charge in [0.2, 0.25) is 0 Å². The van der Waals surface area contributed by atoms with Crippen molar-refractivity contribution < 1.29 is 9.09 Å². The Bertz CT molecular complexity index is 329. The average Bonchev–Trinajstić information content (AvgIpc) is 2.28. The van der Waals surface area contributed by atoms with Crippen molar-refractivity contribution in [3.63, 3.8) is 0 Å². The molecule has 0 saturated carbocycles. The van der Waals surface area contributed by atoms with Crippen LogP contribution in [0.3, 0.4) is 0 Å². The molecular formula is C10H15O2PS2. The predicted octanol–water partition coefficient (Wildman–Crippen LogP) is 4.68. The lowest BCUT2D eigenvalue weighted by molar-refractivity contribution is 0.347. The van der Waals surface area contributed by atoms with Crippen LogP contribution in [0, 0.1) is 0 Å². The highest BCUT2D eigenvalue weighted by Gasteiger charge is 2.21. The van der Waals surface area contributed by atoms with Gasteiger partial charge in [0.15, 0.2) is 0 Å². The van der Waals surface area contributed by atoms with E-state index in [0.29, 0.717) is 12.8 Å². The van der Waals surface area contributed by atoms with Gasteiger partial charge in [-0.3, -0.25) is 4.57 Å². The van der Waals surface area contributed by atoms with Gasteiger partial charge in [0.05, 0.1) is 6.61 Å². The van der Waals surface area contributed by atoms with E-state index in [1.807, 2.05) is 44.2 Å². The van der Waals surface area contributed by atoms with Gasteiger partial charge in [0, 0.05) is 21.5 Å². The molecule has 0 radical (unpaired) electrons. The molecule has 1 aromatic rings. The fraction of sp³-hybridized carbons (Fsp3) is 0.400. The van der Waals surface area contributed by atoms with Crippen LogP contribution in [0.5, 0.6) is 0 Å². The van der Waals surface area contributed by atoms with Gasteiger partial charge in [-0.25, -0.2) is 0 Å². The van der Waals surface area contributed by atoms with E-state index < -0.39 is 6.57 Å². The molecule has 1 atom stereocenters. The van der Waals surface area contributed by atoms with Gasteiger partial charge in [-0.05, 0) is 29.9 Å². The SMILES string of the molecule is CCOP(=O)(CC)SSc1ccccc1. The van der Waals surface area contributed by atoms with Crippen LogP contribution in [0.2, 0.25) is 0 Å². The Morgan fingerprint density at radius 3 is 2.47 bits per heavy atom. The maximum atomic E-state index is 12.1. The van der Waals surface area contributed by atoms with Crippen LogP contribution in [0.15, 0.2) is 35.2 Å². The molecular weight excluding hydrogens is 247 g/mol. The van der Waals surface area contributed by atoms with E-state index in [1.54, 1.807) is 0 Å². The minimum absolute atomic E-state index is 0.507. The van der Waals surface area contributed by atoms with Crippen LogP contribution in [-0.4, -0.2) is 12.8 Å². The van der Waals surface area contributed by atoms with Gasteiger partial charge < -0.3 is 4.52 Å². The molecule has 0 amide bonds. The first-order valence-corrected chi connectivity index (χ1v) is 9.41. The summed E-state index contributed by atoms with van der Waals surface area (Å²) in [6, 6.07) is 9.92. The van der Waals surface area contributed by atoms with Gasteiger partial charge in [-0.15, -0.1) is 0 Å². The zero-order chi connectivity index (χ0) is 11.1. The van der Waals surface area contributed by atoms with Gasteiger partial charge >= 0.3 is 0 Å². The Morgan fingerprint density at radius 1 is 1.27 bits per heavy atom. The quantitative estimate of drug-likeness (QED) is 0.549. The van der Waals surface area contributed by atoms with E-state index in [9.17, 15) is 4.57 Å². The molecule has 5 heteroatoms. The summed E-state index contributed by atoms with van der Waals surface area (Å²) in [7, 11) is 2.87. The molecule has 0 aliphatic carbocycles. The first-order chi connectivity index (χ1) is 7.20. The topological polar surface area (TPSA) is 26.3 Å². The zero-order valence-electron chi connectivity index (χ0n) is 8.88. The Kier molecular flexibility index (Phi) is 5.83. The maximum absolute atomic E-state index is 12.1. The van der Waals surface area contributed by atoms with E-state index in [2.05, 4.69) is 0 Å². The molecule has 0 spiro atoms. The highest BCUT2D eigenvalue weighted by atomic mass is 33.3. The maximum Gasteiger partial charge on any atom is 0.267 e. The molecule has 0 heterocycles. The van der Waals surface area contributed by atoms with Crippen LogP contribution in [0.25, 0.3) is 0 Å². The van der Waals surface area contributed by atoms with Crippen molar-refractivity contribution in [3.05, 3.63) is 30.3 Å². The molecule has 84 valence electrons. The summed E-state index contributed by atoms with van der Waals surface area (Å²) >= 11 is 0. The van der Waals surface area contributed by atoms with E-state index >= 15 is 0 Å². The van der Waals surface area contributed by atoms with Crippen molar-refractivity contribution in [1.82, 2.24) is 0 Å². The summed E-state index contributed by atoms with van der Waals surface area (Å²) in [6.45, 7) is 1.79. The van der Waals surface area contributed by atoms with Crippen LogP contribution >= 0.6 is 27.8 Å². The van der Waals surface area contributed by atoms with Crippen molar-refractivity contribution in [1.29, 1.82) is 0 Å². The van der Waals surface area contributed by atoms with E-state index in [1.165, 1.54) is 21.2 Å². The van der Waals surface area contributed by atoms with Crippen LogP contribution in [-0.2, 0) is 9.09 Å². The van der Waals surface area contributed by atoms with Gasteiger partial charge in [0.1, 0.15) is 0 Å². The Labute approximate surface area is 98.8 Å². The minimum atomic E-state index is -2.49. The molecule has 0 aliphatic heterocycles. The second kappa shape index (κ2) is 6.64. The molecule has 0 aromatic heterocycles.